The van der Waals surface area contributed by atoms with Crippen LogP contribution >= 0.6 is 35.6 Å². The largest absolute Gasteiger partial charge is 0.383 e. The summed E-state index contributed by atoms with van der Waals surface area (Å²) >= 11 is 5.92. The molecule has 1 saturated heterocycles. The molecule has 28 heavy (non-hydrogen) atoms. The van der Waals surface area contributed by atoms with Crippen molar-refractivity contribution in [3.05, 3.63) is 34.9 Å². The molecular formula is C19H31ClIN5O2. The fourth-order valence-electron chi connectivity index (χ4n) is 2.92. The molecule has 1 fully saturated rings. The molecule has 1 aromatic rings. The van der Waals surface area contributed by atoms with Gasteiger partial charge in [0.05, 0.1) is 13.2 Å². The third kappa shape index (κ3) is 8.10. The Bertz CT molecular complexity index is 629. The lowest BCUT2D eigenvalue weighted by Gasteiger charge is -2.36. The zero-order valence-corrected chi connectivity index (χ0v) is 19.9. The van der Waals surface area contributed by atoms with Gasteiger partial charge in [0.15, 0.2) is 5.96 Å². The molecule has 0 aromatic heterocycles. The van der Waals surface area contributed by atoms with Crippen LogP contribution in [0.3, 0.4) is 0 Å². The number of nitrogens with zero attached hydrogens (tertiary/aromatic N) is 4. The number of methoxy groups -OCH3 is 1. The number of nitrogens with one attached hydrogen (secondary N) is 1. The summed E-state index contributed by atoms with van der Waals surface area (Å²) < 4.78 is 5.08. The maximum Gasteiger partial charge on any atom is 0.242 e. The molecular weight excluding hydrogens is 493 g/mol. The van der Waals surface area contributed by atoms with Crippen molar-refractivity contribution in [1.29, 1.82) is 0 Å². The summed E-state index contributed by atoms with van der Waals surface area (Å²) in [6.45, 7) is 5.65. The van der Waals surface area contributed by atoms with E-state index in [2.05, 4.69) is 22.3 Å². The van der Waals surface area contributed by atoms with E-state index in [9.17, 15) is 4.79 Å². The molecule has 1 N–H and O–H groups in total. The van der Waals surface area contributed by atoms with Crippen LogP contribution in [0.2, 0.25) is 5.02 Å². The van der Waals surface area contributed by atoms with Crippen molar-refractivity contribution < 1.29 is 9.53 Å². The van der Waals surface area contributed by atoms with E-state index in [0.29, 0.717) is 24.7 Å². The lowest BCUT2D eigenvalue weighted by Crippen LogP contribution is -2.55. The van der Waals surface area contributed by atoms with Gasteiger partial charge in [-0.2, -0.15) is 0 Å². The molecule has 0 atom stereocenters. The Morgan fingerprint density at radius 3 is 2.61 bits per heavy atom. The molecule has 1 amide bonds. The molecule has 1 heterocycles. The predicted octanol–water partition coefficient (Wildman–Crippen LogP) is 1.76. The Labute approximate surface area is 190 Å². The first-order valence-electron chi connectivity index (χ1n) is 9.18. The zero-order valence-electron chi connectivity index (χ0n) is 16.9. The van der Waals surface area contributed by atoms with E-state index in [1.807, 2.05) is 34.1 Å². The van der Waals surface area contributed by atoms with Gasteiger partial charge in [-0.3, -0.25) is 9.79 Å². The van der Waals surface area contributed by atoms with E-state index in [4.69, 9.17) is 16.3 Å². The van der Waals surface area contributed by atoms with Crippen LogP contribution in [0.1, 0.15) is 5.56 Å². The molecule has 9 heteroatoms. The lowest BCUT2D eigenvalue weighted by atomic mass is 10.2. The molecule has 2 rings (SSSR count). The van der Waals surface area contributed by atoms with E-state index in [1.165, 1.54) is 0 Å². The van der Waals surface area contributed by atoms with Gasteiger partial charge in [-0.05, 0) is 24.7 Å². The second-order valence-electron chi connectivity index (χ2n) is 6.63. The number of benzene rings is 1. The number of rotatable bonds is 8. The summed E-state index contributed by atoms with van der Waals surface area (Å²) in [5, 5.41) is 4.05. The molecule has 7 nitrogen and oxygen atoms in total. The van der Waals surface area contributed by atoms with Crippen LogP contribution in [0.25, 0.3) is 0 Å². The van der Waals surface area contributed by atoms with Gasteiger partial charge in [-0.25, -0.2) is 0 Å². The first kappa shape index (κ1) is 24.9. The van der Waals surface area contributed by atoms with Gasteiger partial charge in [-0.1, -0.05) is 23.7 Å². The summed E-state index contributed by atoms with van der Waals surface area (Å²) in [5.41, 5.74) is 1.09. The van der Waals surface area contributed by atoms with Gasteiger partial charge >= 0.3 is 0 Å². The average Bonchev–Trinajstić information content (AvgIpc) is 2.67. The van der Waals surface area contributed by atoms with Crippen molar-refractivity contribution in [2.45, 2.75) is 6.54 Å². The van der Waals surface area contributed by atoms with E-state index in [0.717, 1.165) is 44.3 Å². The summed E-state index contributed by atoms with van der Waals surface area (Å²) in [4.78, 5) is 23.0. The highest BCUT2D eigenvalue weighted by atomic mass is 127. The summed E-state index contributed by atoms with van der Waals surface area (Å²) in [6, 6.07) is 7.63. The predicted molar refractivity (Wildman–Crippen MR) is 125 cm³/mol. The Morgan fingerprint density at radius 1 is 1.29 bits per heavy atom. The molecule has 158 valence electrons. The molecule has 1 aliphatic heterocycles. The first-order valence-corrected chi connectivity index (χ1v) is 9.56. The maximum atomic E-state index is 12.5. The monoisotopic (exact) mass is 523 g/mol. The molecule has 0 radical (unpaired) electrons. The second kappa shape index (κ2) is 13.2. The molecule has 0 unspecified atom stereocenters. The average molecular weight is 524 g/mol. The van der Waals surface area contributed by atoms with Gasteiger partial charge < -0.3 is 24.8 Å². The number of halogens is 2. The highest BCUT2D eigenvalue weighted by Gasteiger charge is 2.25. The van der Waals surface area contributed by atoms with Crippen LogP contribution in [0.5, 0.6) is 0 Å². The van der Waals surface area contributed by atoms with E-state index >= 15 is 0 Å². The number of ether oxygens (including phenoxy) is 1. The molecule has 0 saturated carbocycles. The van der Waals surface area contributed by atoms with Gasteiger partial charge in [-0.15, -0.1) is 24.0 Å². The van der Waals surface area contributed by atoms with Crippen molar-refractivity contribution in [2.75, 3.05) is 67.1 Å². The van der Waals surface area contributed by atoms with Crippen molar-refractivity contribution in [1.82, 2.24) is 20.0 Å². The van der Waals surface area contributed by atoms with Gasteiger partial charge in [0.1, 0.15) is 0 Å². The minimum atomic E-state index is 0. The number of carbonyl (C=O) groups excluding carboxylic acids is 1. The van der Waals surface area contributed by atoms with Crippen LogP contribution < -0.4 is 5.32 Å². The van der Waals surface area contributed by atoms with Crippen LogP contribution in [0.15, 0.2) is 29.3 Å². The Morgan fingerprint density at radius 2 is 2.00 bits per heavy atom. The highest BCUT2D eigenvalue weighted by molar-refractivity contribution is 14.0. The first-order chi connectivity index (χ1) is 13.0. The minimum Gasteiger partial charge on any atom is -0.383 e. The summed E-state index contributed by atoms with van der Waals surface area (Å²) in [6.07, 6.45) is 0. The topological polar surface area (TPSA) is 60.4 Å². The van der Waals surface area contributed by atoms with Crippen molar-refractivity contribution in [2.24, 2.45) is 4.99 Å². The number of amides is 1. The van der Waals surface area contributed by atoms with Crippen LogP contribution in [-0.4, -0.2) is 93.6 Å². The van der Waals surface area contributed by atoms with Gasteiger partial charge in [0.25, 0.3) is 0 Å². The maximum absolute atomic E-state index is 12.5. The number of likely N-dealkylation sites (N-methyl/N-ethyl adjacent to an activating group) is 1. The lowest BCUT2D eigenvalue weighted by molar-refractivity contribution is -0.135. The van der Waals surface area contributed by atoms with Crippen LogP contribution in [0, 0.1) is 0 Å². The van der Waals surface area contributed by atoms with E-state index < -0.39 is 0 Å². The number of piperazine rings is 1. The van der Waals surface area contributed by atoms with Crippen molar-refractivity contribution >= 4 is 47.4 Å². The molecule has 0 aliphatic carbocycles. The molecule has 1 aromatic carbocycles. The number of aliphatic imine (C=N–C) groups is 1. The second-order valence-corrected chi connectivity index (χ2v) is 7.07. The van der Waals surface area contributed by atoms with Gasteiger partial charge in [0, 0.05) is 58.4 Å². The highest BCUT2D eigenvalue weighted by Crippen LogP contribution is 2.13. The zero-order chi connectivity index (χ0) is 19.6. The standard InChI is InChI=1S/C19H30ClN5O2.HI/c1-21-19(22-8-9-23(2)12-13-27-3)25-11-10-24(18(26)15-25)14-16-4-6-17(20)7-5-16;/h4-7H,8-15H2,1-3H3,(H,21,22);1H. The van der Waals surface area contributed by atoms with Crippen molar-refractivity contribution in [3.63, 3.8) is 0 Å². The number of hydrogen-bond acceptors (Lipinski definition) is 4. The fraction of sp³-hybridized carbons (Fsp3) is 0.579. The Hall–Kier alpha value is -1.10. The Balaban J connectivity index is 0.00000392. The third-order valence-corrected chi connectivity index (χ3v) is 4.82. The third-order valence-electron chi connectivity index (χ3n) is 4.57. The van der Waals surface area contributed by atoms with E-state index in [-0.39, 0.29) is 29.9 Å². The molecule has 1 aliphatic rings. The molecule has 0 spiro atoms. The smallest absolute Gasteiger partial charge is 0.242 e. The SMILES string of the molecule is CN=C(NCCN(C)CCOC)N1CCN(Cc2ccc(Cl)cc2)C(=O)C1.I. The molecule has 0 bridgehead atoms. The summed E-state index contributed by atoms with van der Waals surface area (Å²) in [7, 11) is 5.52. The van der Waals surface area contributed by atoms with Crippen LogP contribution in [-0.2, 0) is 16.1 Å². The van der Waals surface area contributed by atoms with Gasteiger partial charge in [0.2, 0.25) is 5.91 Å². The van der Waals surface area contributed by atoms with E-state index in [1.54, 1.807) is 14.2 Å². The quantitative estimate of drug-likeness (QED) is 0.320. The Kier molecular flexibility index (Phi) is 11.7. The van der Waals surface area contributed by atoms with Crippen molar-refractivity contribution in [3.8, 4) is 0 Å². The van der Waals surface area contributed by atoms with Crippen LogP contribution in [0.4, 0.5) is 0 Å². The fourth-order valence-corrected chi connectivity index (χ4v) is 3.04. The minimum absolute atomic E-state index is 0. The number of carbonyl (C=O) groups is 1. The number of hydrogen-bond donors (Lipinski definition) is 1. The normalized spacial score (nSPS) is 15.0. The number of guanidine groups is 1. The summed E-state index contributed by atoms with van der Waals surface area (Å²) in [5.74, 6) is 0.881.